The van der Waals surface area contributed by atoms with E-state index in [4.69, 9.17) is 0 Å². The van der Waals surface area contributed by atoms with Gasteiger partial charge in [-0.15, -0.1) is 47.5 Å². The van der Waals surface area contributed by atoms with Crippen LogP contribution in [0.4, 0.5) is 0 Å². The van der Waals surface area contributed by atoms with Crippen molar-refractivity contribution in [1.82, 2.24) is 0 Å². The molecule has 0 amide bonds. The van der Waals surface area contributed by atoms with Gasteiger partial charge in [0.15, 0.2) is 0 Å². The fourth-order valence-corrected chi connectivity index (χ4v) is 8.80. The second-order valence-corrected chi connectivity index (χ2v) is 16.3. The molecule has 0 bridgehead atoms. The Bertz CT molecular complexity index is 2670. The molecule has 0 atom stereocenters. The first kappa shape index (κ1) is 46.4. The van der Waals surface area contributed by atoms with Crippen molar-refractivity contribution in [2.24, 2.45) is 0 Å². The molecule has 330 valence electrons. The molecule has 0 aliphatic rings. The quantitative estimate of drug-likeness (QED) is 0.0727. The molecule has 10 aromatic carbocycles. The molecule has 0 aliphatic carbocycles. The van der Waals surface area contributed by atoms with Crippen LogP contribution in [0.25, 0.3) is 89.0 Å². The van der Waals surface area contributed by atoms with Crippen molar-refractivity contribution >= 4 is 0 Å². The van der Waals surface area contributed by atoms with Crippen molar-refractivity contribution in [1.29, 1.82) is 0 Å². The molecule has 4 N–H and O–H groups in total. The average molecular weight is 915 g/mol. The minimum Gasteiger partial charge on any atom is -0.392 e. The zero-order valence-corrected chi connectivity index (χ0v) is 38.0. The van der Waals surface area contributed by atoms with Crippen LogP contribution in [0.3, 0.4) is 0 Å². The Morgan fingerprint density at radius 3 is 0.791 bits per heavy atom. The SMILES string of the molecule is OCc1ccc(-c2c[c-](-c3ccc(CO)cc3)c(-c3ccccc3)c2-c2ccccc2)cc1.OCc1ccc(-c2c[c-](-c3ccc(CO)cc3)c(-c3ccccc3)c2-c2ccccc2)cc1.[Fe+2]. The van der Waals surface area contributed by atoms with Gasteiger partial charge in [-0.2, -0.15) is 0 Å². The summed E-state index contributed by atoms with van der Waals surface area (Å²) in [5.41, 5.74) is 22.1. The second kappa shape index (κ2) is 21.9. The number of rotatable bonds is 12. The topological polar surface area (TPSA) is 80.9 Å². The zero-order valence-electron chi connectivity index (χ0n) is 36.9. The van der Waals surface area contributed by atoms with E-state index in [-0.39, 0.29) is 43.5 Å². The van der Waals surface area contributed by atoms with E-state index in [1.54, 1.807) is 0 Å². The predicted octanol–water partition coefficient (Wildman–Crippen LogP) is 14.1. The third kappa shape index (κ3) is 10.1. The van der Waals surface area contributed by atoms with Crippen LogP contribution in [0, 0.1) is 0 Å². The molecule has 0 saturated carbocycles. The molecule has 0 saturated heterocycles. The van der Waals surface area contributed by atoms with Crippen molar-refractivity contribution in [3.8, 4) is 89.0 Å². The molecular formula is C62H50FeO4. The van der Waals surface area contributed by atoms with E-state index in [1.165, 1.54) is 22.3 Å². The monoisotopic (exact) mass is 914 g/mol. The maximum atomic E-state index is 9.50. The average Bonchev–Trinajstić information content (AvgIpc) is 4.01. The Morgan fingerprint density at radius 1 is 0.269 bits per heavy atom. The Balaban J connectivity index is 0.000000179. The summed E-state index contributed by atoms with van der Waals surface area (Å²) >= 11 is 0. The number of benzene rings is 8. The van der Waals surface area contributed by atoms with Gasteiger partial charge >= 0.3 is 17.1 Å². The number of aliphatic hydroxyl groups excluding tert-OH is 4. The van der Waals surface area contributed by atoms with Crippen molar-refractivity contribution in [3.05, 3.63) is 253 Å². The van der Waals surface area contributed by atoms with Crippen LogP contribution in [0.5, 0.6) is 0 Å². The van der Waals surface area contributed by atoms with Crippen molar-refractivity contribution in [2.75, 3.05) is 0 Å². The molecule has 0 unspecified atom stereocenters. The van der Waals surface area contributed by atoms with Gasteiger partial charge in [-0.3, -0.25) is 0 Å². The summed E-state index contributed by atoms with van der Waals surface area (Å²) in [7, 11) is 0. The molecule has 10 rings (SSSR count). The van der Waals surface area contributed by atoms with Crippen LogP contribution in [0.2, 0.25) is 0 Å². The number of hydrogen-bond donors (Lipinski definition) is 4. The van der Waals surface area contributed by atoms with Gasteiger partial charge in [0.05, 0.1) is 26.4 Å². The molecule has 0 radical (unpaired) electrons. The smallest absolute Gasteiger partial charge is 0.392 e. The molecule has 67 heavy (non-hydrogen) atoms. The maximum absolute atomic E-state index is 9.50. The van der Waals surface area contributed by atoms with E-state index in [0.29, 0.717) is 0 Å². The van der Waals surface area contributed by atoms with Crippen molar-refractivity contribution < 1.29 is 37.5 Å². The van der Waals surface area contributed by atoms with E-state index >= 15 is 0 Å². The fraction of sp³-hybridized carbons (Fsp3) is 0.0645. The van der Waals surface area contributed by atoms with Gasteiger partial charge in [0.2, 0.25) is 0 Å². The van der Waals surface area contributed by atoms with Gasteiger partial charge in [0.25, 0.3) is 0 Å². The Labute approximate surface area is 403 Å². The van der Waals surface area contributed by atoms with Crippen LogP contribution in [-0.2, 0) is 43.5 Å². The molecule has 10 aromatic rings. The molecule has 0 fully saturated rings. The van der Waals surface area contributed by atoms with Crippen LogP contribution in [0.15, 0.2) is 231 Å². The van der Waals surface area contributed by atoms with E-state index in [2.05, 4.69) is 158 Å². The van der Waals surface area contributed by atoms with E-state index in [9.17, 15) is 20.4 Å². The predicted molar refractivity (Wildman–Crippen MR) is 271 cm³/mol. The first-order valence-corrected chi connectivity index (χ1v) is 22.3. The summed E-state index contributed by atoms with van der Waals surface area (Å²) in [5, 5.41) is 38.0. The molecule has 0 aliphatic heterocycles. The van der Waals surface area contributed by atoms with E-state index in [1.807, 2.05) is 72.8 Å². The summed E-state index contributed by atoms with van der Waals surface area (Å²) < 4.78 is 0. The second-order valence-electron chi connectivity index (χ2n) is 16.3. The number of hydrogen-bond acceptors (Lipinski definition) is 4. The van der Waals surface area contributed by atoms with Crippen LogP contribution < -0.4 is 0 Å². The van der Waals surface area contributed by atoms with Crippen molar-refractivity contribution in [2.45, 2.75) is 26.4 Å². The molecule has 5 heteroatoms. The first-order valence-electron chi connectivity index (χ1n) is 22.3. The minimum absolute atomic E-state index is 0. The summed E-state index contributed by atoms with van der Waals surface area (Å²) in [6.07, 6.45) is 0. The normalized spacial score (nSPS) is 10.8. The van der Waals surface area contributed by atoms with Crippen LogP contribution in [0.1, 0.15) is 22.3 Å². The third-order valence-corrected chi connectivity index (χ3v) is 12.2. The summed E-state index contributed by atoms with van der Waals surface area (Å²) in [5.74, 6) is 0. The van der Waals surface area contributed by atoms with Crippen molar-refractivity contribution in [3.63, 3.8) is 0 Å². The van der Waals surface area contributed by atoms with Gasteiger partial charge in [-0.1, -0.05) is 272 Å². The van der Waals surface area contributed by atoms with Gasteiger partial charge in [-0.05, 0) is 22.3 Å². The van der Waals surface area contributed by atoms with Gasteiger partial charge in [0.1, 0.15) is 0 Å². The maximum Gasteiger partial charge on any atom is 2.00 e. The van der Waals surface area contributed by atoms with E-state index < -0.39 is 0 Å². The fourth-order valence-electron chi connectivity index (χ4n) is 8.80. The Morgan fingerprint density at radius 2 is 0.522 bits per heavy atom. The van der Waals surface area contributed by atoms with Gasteiger partial charge < -0.3 is 20.4 Å². The van der Waals surface area contributed by atoms with Gasteiger partial charge in [0, 0.05) is 0 Å². The van der Waals surface area contributed by atoms with E-state index in [0.717, 1.165) is 89.0 Å². The van der Waals surface area contributed by atoms with Crippen LogP contribution in [-0.4, -0.2) is 20.4 Å². The standard InChI is InChI=1S/2C31H25O2.Fe/c2*32-20-22-11-15-24(16-12-22)28-19-29(25-17-13-23(21-33)14-18-25)31(27-9-5-2-6-10-27)30(28)26-7-3-1-4-8-26;/h2*1-19,32-33H,20-21H2;/q2*-1;+2. The largest absolute Gasteiger partial charge is 2.00 e. The Kier molecular flexibility index (Phi) is 15.1. The summed E-state index contributed by atoms with van der Waals surface area (Å²) in [4.78, 5) is 0. The number of aliphatic hydroxyl groups is 4. The molecule has 0 aromatic heterocycles. The Hall–Kier alpha value is -7.18. The molecule has 4 nitrogen and oxygen atoms in total. The molecule has 0 spiro atoms. The first-order chi connectivity index (χ1) is 32.6. The molecular weight excluding hydrogens is 865 g/mol. The summed E-state index contributed by atoms with van der Waals surface area (Å²) in [6.45, 7) is 0.129. The van der Waals surface area contributed by atoms with Gasteiger partial charge in [-0.25, -0.2) is 0 Å². The zero-order chi connectivity index (χ0) is 45.2. The third-order valence-electron chi connectivity index (χ3n) is 12.2. The van der Waals surface area contributed by atoms with Crippen LogP contribution >= 0.6 is 0 Å². The molecule has 0 heterocycles. The summed E-state index contributed by atoms with van der Waals surface area (Å²) in [6, 6.07) is 79.1. The minimum atomic E-state index is 0.